The first-order valence-electron chi connectivity index (χ1n) is 6.70. The summed E-state index contributed by atoms with van der Waals surface area (Å²) in [7, 11) is 0. The quantitative estimate of drug-likeness (QED) is 0.874. The summed E-state index contributed by atoms with van der Waals surface area (Å²) < 4.78 is 5.52. The van der Waals surface area contributed by atoms with Crippen LogP contribution in [0.1, 0.15) is 15.9 Å². The van der Waals surface area contributed by atoms with Gasteiger partial charge in [-0.2, -0.15) is 0 Å². The molecule has 2 aromatic carbocycles. The van der Waals surface area contributed by atoms with Gasteiger partial charge in [-0.1, -0.05) is 48.0 Å². The van der Waals surface area contributed by atoms with Crippen molar-refractivity contribution in [2.75, 3.05) is 5.32 Å². The molecule has 5 heteroatoms. The first kappa shape index (κ1) is 13.5. The van der Waals surface area contributed by atoms with Crippen LogP contribution in [0.25, 0.3) is 0 Å². The number of aryl methyl sites for hydroxylation is 1. The average Bonchev–Trinajstić information content (AvgIpc) is 2.97. The molecule has 2 aromatic rings. The summed E-state index contributed by atoms with van der Waals surface area (Å²) in [4.78, 5) is 12.2. The summed E-state index contributed by atoms with van der Waals surface area (Å²) in [6.45, 7) is 1.97. The van der Waals surface area contributed by atoms with Crippen LogP contribution in [0.3, 0.4) is 0 Å². The molecule has 0 saturated heterocycles. The fraction of sp³-hybridized carbons (Fsp3) is 0.188. The van der Waals surface area contributed by atoms with Gasteiger partial charge in [0, 0.05) is 11.3 Å². The van der Waals surface area contributed by atoms with Crippen LogP contribution >= 0.6 is 0 Å². The normalized spacial score (nSPS) is 20.4. The van der Waals surface area contributed by atoms with E-state index in [1.54, 1.807) is 12.1 Å². The van der Waals surface area contributed by atoms with Gasteiger partial charge in [0.25, 0.3) is 0 Å². The Morgan fingerprint density at radius 2 is 1.76 bits per heavy atom. The number of para-hydroxylation sites is 1. The zero-order valence-electron chi connectivity index (χ0n) is 11.6. The Kier molecular flexibility index (Phi) is 3.75. The van der Waals surface area contributed by atoms with Gasteiger partial charge in [-0.15, -0.1) is 10.2 Å². The lowest BCUT2D eigenvalue weighted by Gasteiger charge is -2.12. The molecule has 3 rings (SSSR count). The second kappa shape index (κ2) is 5.85. The van der Waals surface area contributed by atoms with Crippen LogP contribution in [0.15, 0.2) is 64.8 Å². The molecule has 0 amide bonds. The third kappa shape index (κ3) is 3.14. The Balaban J connectivity index is 1.63. The summed E-state index contributed by atoms with van der Waals surface area (Å²) >= 11 is 0. The van der Waals surface area contributed by atoms with Crippen molar-refractivity contribution in [3.05, 3.63) is 65.7 Å². The second-order valence-electron chi connectivity index (χ2n) is 4.81. The maximum atomic E-state index is 12.2. The van der Waals surface area contributed by atoms with Gasteiger partial charge >= 0.3 is 0 Å². The molecular formula is C16H15N3O2. The van der Waals surface area contributed by atoms with Gasteiger partial charge in [0.2, 0.25) is 18.4 Å². The molecule has 2 atom stereocenters. The maximum Gasteiger partial charge on any atom is 0.247 e. The molecule has 5 nitrogen and oxygen atoms in total. The van der Waals surface area contributed by atoms with Gasteiger partial charge in [-0.25, -0.2) is 0 Å². The number of ether oxygens (including phenoxy) is 1. The molecule has 106 valence electrons. The monoisotopic (exact) mass is 281 g/mol. The molecular weight excluding hydrogens is 266 g/mol. The van der Waals surface area contributed by atoms with Crippen LogP contribution in [0.2, 0.25) is 0 Å². The number of nitrogens with one attached hydrogen (secondary N) is 1. The van der Waals surface area contributed by atoms with Crippen LogP contribution in [-0.4, -0.2) is 18.4 Å². The van der Waals surface area contributed by atoms with Gasteiger partial charge in [0.05, 0.1) is 0 Å². The van der Waals surface area contributed by atoms with Crippen molar-refractivity contribution >= 4 is 11.5 Å². The van der Waals surface area contributed by atoms with Crippen molar-refractivity contribution in [2.45, 2.75) is 19.5 Å². The van der Waals surface area contributed by atoms with Gasteiger partial charge in [0.15, 0.2) is 0 Å². The van der Waals surface area contributed by atoms with E-state index in [1.807, 2.05) is 49.4 Å². The molecule has 21 heavy (non-hydrogen) atoms. The van der Waals surface area contributed by atoms with E-state index in [4.69, 9.17) is 4.74 Å². The van der Waals surface area contributed by atoms with Crippen LogP contribution in [0.5, 0.6) is 0 Å². The van der Waals surface area contributed by atoms with Crippen molar-refractivity contribution in [1.29, 1.82) is 0 Å². The molecule has 1 aliphatic rings. The topological polar surface area (TPSA) is 63.0 Å². The highest BCUT2D eigenvalue weighted by Crippen LogP contribution is 2.19. The zero-order chi connectivity index (χ0) is 14.7. The highest BCUT2D eigenvalue weighted by Gasteiger charge is 2.29. The number of carbonyl (C=O) groups is 1. The third-order valence-electron chi connectivity index (χ3n) is 3.16. The molecule has 0 radical (unpaired) electrons. The summed E-state index contributed by atoms with van der Waals surface area (Å²) in [5, 5.41) is 10.9. The summed E-state index contributed by atoms with van der Waals surface area (Å²) in [5.74, 6) is -0.184. The number of nitrogens with zero attached hydrogens (tertiary/aromatic N) is 2. The van der Waals surface area contributed by atoms with Crippen molar-refractivity contribution in [2.24, 2.45) is 10.2 Å². The van der Waals surface area contributed by atoms with E-state index < -0.39 is 12.6 Å². The number of anilines is 1. The Morgan fingerprint density at radius 1 is 1.05 bits per heavy atom. The highest BCUT2D eigenvalue weighted by atomic mass is 16.6. The molecule has 1 unspecified atom stereocenters. The van der Waals surface area contributed by atoms with E-state index in [9.17, 15) is 4.79 Å². The average molecular weight is 281 g/mol. The van der Waals surface area contributed by atoms with E-state index in [0.29, 0.717) is 5.56 Å². The van der Waals surface area contributed by atoms with E-state index >= 15 is 0 Å². The van der Waals surface area contributed by atoms with Gasteiger partial charge in [-0.05, 0) is 19.1 Å². The second-order valence-corrected chi connectivity index (χ2v) is 4.81. The summed E-state index contributed by atoms with van der Waals surface area (Å²) in [6.07, 6.45) is -1.51. The Labute approximate surface area is 122 Å². The molecule has 1 heterocycles. The van der Waals surface area contributed by atoms with Gasteiger partial charge < -0.3 is 10.1 Å². The standard InChI is InChI=1S/C16H15N3O2/c1-11-7-9-12(10-8-11)14(20)15-18-19-16(21-15)17-13-5-3-2-4-6-13/h2-10,15-17H,1H3/t15-,16?/m1/s1. The van der Waals surface area contributed by atoms with Crippen LogP contribution < -0.4 is 5.32 Å². The summed E-state index contributed by atoms with van der Waals surface area (Å²) in [6, 6.07) is 16.8. The summed E-state index contributed by atoms with van der Waals surface area (Å²) in [5.41, 5.74) is 2.54. The smallest absolute Gasteiger partial charge is 0.247 e. The largest absolute Gasteiger partial charge is 0.340 e. The molecule has 0 fully saturated rings. The number of azo groups is 1. The maximum absolute atomic E-state index is 12.2. The van der Waals surface area contributed by atoms with E-state index in [1.165, 1.54) is 0 Å². The Morgan fingerprint density at radius 3 is 2.48 bits per heavy atom. The first-order chi connectivity index (χ1) is 10.2. The number of hydrogen-bond acceptors (Lipinski definition) is 5. The minimum atomic E-state index is -0.881. The molecule has 1 aliphatic heterocycles. The van der Waals surface area contributed by atoms with Gasteiger partial charge in [0.1, 0.15) is 0 Å². The van der Waals surface area contributed by atoms with Crippen molar-refractivity contribution in [3.8, 4) is 0 Å². The number of ketones is 1. The van der Waals surface area contributed by atoms with E-state index in [2.05, 4.69) is 15.5 Å². The predicted molar refractivity (Wildman–Crippen MR) is 79.1 cm³/mol. The zero-order valence-corrected chi connectivity index (χ0v) is 11.6. The lowest BCUT2D eigenvalue weighted by molar-refractivity contribution is 0.0399. The number of benzene rings is 2. The molecule has 0 aliphatic carbocycles. The van der Waals surface area contributed by atoms with Crippen LogP contribution in [0.4, 0.5) is 5.69 Å². The molecule has 0 spiro atoms. The third-order valence-corrected chi connectivity index (χ3v) is 3.16. The van der Waals surface area contributed by atoms with E-state index in [0.717, 1.165) is 11.3 Å². The SMILES string of the molecule is Cc1ccc(C(=O)[C@@H]2N=NC(Nc3ccccc3)O2)cc1. The van der Waals surface area contributed by atoms with Crippen molar-refractivity contribution in [1.82, 2.24) is 0 Å². The number of carbonyl (C=O) groups excluding carboxylic acids is 1. The fourth-order valence-electron chi connectivity index (χ4n) is 2.01. The predicted octanol–water partition coefficient (Wildman–Crippen LogP) is 3.38. The molecule has 1 N–H and O–H groups in total. The fourth-order valence-corrected chi connectivity index (χ4v) is 2.01. The minimum Gasteiger partial charge on any atom is -0.340 e. The Bertz CT molecular complexity index is 653. The molecule has 0 aromatic heterocycles. The van der Waals surface area contributed by atoms with Crippen LogP contribution in [0, 0.1) is 6.92 Å². The number of hydrogen-bond donors (Lipinski definition) is 1. The van der Waals surface area contributed by atoms with Crippen molar-refractivity contribution < 1.29 is 9.53 Å². The lowest BCUT2D eigenvalue weighted by Crippen LogP contribution is -2.26. The highest BCUT2D eigenvalue weighted by molar-refractivity contribution is 5.99. The lowest BCUT2D eigenvalue weighted by atomic mass is 10.1. The number of Topliss-reactive ketones (excluding diaryl/α,β-unsaturated/α-hetero) is 1. The molecule has 0 bridgehead atoms. The van der Waals surface area contributed by atoms with Crippen LogP contribution in [-0.2, 0) is 4.74 Å². The molecule has 0 saturated carbocycles. The van der Waals surface area contributed by atoms with Crippen molar-refractivity contribution in [3.63, 3.8) is 0 Å². The number of rotatable bonds is 4. The first-order valence-corrected chi connectivity index (χ1v) is 6.70. The minimum absolute atomic E-state index is 0.184. The van der Waals surface area contributed by atoms with Gasteiger partial charge in [-0.3, -0.25) is 4.79 Å². The Hall–Kier alpha value is -2.53. The van der Waals surface area contributed by atoms with E-state index in [-0.39, 0.29) is 5.78 Å².